The van der Waals surface area contributed by atoms with Crippen molar-refractivity contribution in [1.29, 1.82) is 0 Å². The highest BCUT2D eigenvalue weighted by Gasteiger charge is 2.17. The summed E-state index contributed by atoms with van der Waals surface area (Å²) in [5.41, 5.74) is 5.03. The van der Waals surface area contributed by atoms with E-state index >= 15 is 0 Å². The van der Waals surface area contributed by atoms with E-state index in [0.29, 0.717) is 0 Å². The summed E-state index contributed by atoms with van der Waals surface area (Å²) in [4.78, 5) is 0. The van der Waals surface area contributed by atoms with Crippen molar-refractivity contribution in [2.24, 2.45) is 5.84 Å². The Morgan fingerprint density at radius 2 is 2.31 bits per heavy atom. The number of hydrogen-bond acceptors (Lipinski definition) is 3. The van der Waals surface area contributed by atoms with Crippen LogP contribution in [0, 0.1) is 0 Å². The quantitative estimate of drug-likeness (QED) is 0.629. The molecule has 3 N–H and O–H groups in total. The Morgan fingerprint density at radius 3 is 2.94 bits per heavy atom. The molecule has 0 saturated heterocycles. The number of benzene rings is 1. The summed E-state index contributed by atoms with van der Waals surface area (Å²) in [6, 6.07) is 7.68. The van der Waals surface area contributed by atoms with Gasteiger partial charge in [-0.15, -0.1) is 0 Å². The van der Waals surface area contributed by atoms with Gasteiger partial charge in [-0.2, -0.15) is 0 Å². The molecule has 1 heterocycles. The zero-order valence-corrected chi connectivity index (χ0v) is 9.70. The van der Waals surface area contributed by atoms with Gasteiger partial charge in [0.05, 0.1) is 18.9 Å². The van der Waals surface area contributed by atoms with Gasteiger partial charge in [0.1, 0.15) is 0 Å². The third kappa shape index (κ3) is 2.55. The molecule has 1 atom stereocenters. The normalized spacial score (nSPS) is 17.5. The molecule has 2 rings (SSSR count). The molecule has 0 fully saturated rings. The molecule has 16 heavy (non-hydrogen) atoms. The van der Waals surface area contributed by atoms with E-state index in [0.717, 1.165) is 35.6 Å². The number of nitrogens with two attached hydrogens (primary N) is 1. The van der Waals surface area contributed by atoms with Crippen LogP contribution in [0.4, 0.5) is 0 Å². The third-order valence-corrected chi connectivity index (χ3v) is 2.92. The van der Waals surface area contributed by atoms with Gasteiger partial charge in [-0.25, -0.2) is 5.43 Å². The van der Waals surface area contributed by atoms with Crippen LogP contribution in [0.5, 0.6) is 0 Å². The molecular weight excluding hydrogens is 224 g/mol. The topological polar surface area (TPSA) is 47.3 Å². The Labute approximate surface area is 100 Å². The van der Waals surface area contributed by atoms with Crippen LogP contribution in [0.2, 0.25) is 5.02 Å². The minimum Gasteiger partial charge on any atom is -0.501 e. The molecule has 1 aliphatic rings. The fourth-order valence-corrected chi connectivity index (χ4v) is 2.10. The monoisotopic (exact) mass is 238 g/mol. The van der Waals surface area contributed by atoms with E-state index in [1.807, 2.05) is 24.3 Å². The number of halogens is 1. The first-order chi connectivity index (χ1) is 7.81. The molecule has 1 aromatic carbocycles. The average molecular weight is 239 g/mol. The van der Waals surface area contributed by atoms with Crippen molar-refractivity contribution in [3.05, 3.63) is 46.7 Å². The smallest absolute Gasteiger partial charge is 0.0876 e. The van der Waals surface area contributed by atoms with E-state index in [-0.39, 0.29) is 6.04 Å². The first-order valence-electron chi connectivity index (χ1n) is 5.33. The summed E-state index contributed by atoms with van der Waals surface area (Å²) < 4.78 is 5.33. The second kappa shape index (κ2) is 5.34. The summed E-state index contributed by atoms with van der Waals surface area (Å²) in [7, 11) is 0. The molecule has 0 radical (unpaired) electrons. The molecule has 0 aromatic heterocycles. The summed E-state index contributed by atoms with van der Waals surface area (Å²) in [5.74, 6) is 5.60. The maximum absolute atomic E-state index is 5.97. The fraction of sp³-hybridized carbons (Fsp3) is 0.333. The van der Waals surface area contributed by atoms with Gasteiger partial charge in [0.15, 0.2) is 0 Å². The molecule has 0 saturated carbocycles. The minimum absolute atomic E-state index is 0.0148. The predicted molar refractivity (Wildman–Crippen MR) is 64.8 cm³/mol. The Bertz CT molecular complexity index is 392. The van der Waals surface area contributed by atoms with Crippen molar-refractivity contribution in [3.8, 4) is 0 Å². The van der Waals surface area contributed by atoms with E-state index < -0.39 is 0 Å². The average Bonchev–Trinajstić information content (AvgIpc) is 2.31. The Balaban J connectivity index is 2.25. The first-order valence-corrected chi connectivity index (χ1v) is 5.71. The van der Waals surface area contributed by atoms with Crippen LogP contribution < -0.4 is 11.3 Å². The van der Waals surface area contributed by atoms with Crippen LogP contribution in [0.15, 0.2) is 36.1 Å². The summed E-state index contributed by atoms with van der Waals surface area (Å²) in [5, 5.41) is 0.718. The Hall–Kier alpha value is -1.03. The minimum atomic E-state index is -0.0148. The van der Waals surface area contributed by atoms with Crippen molar-refractivity contribution < 1.29 is 4.74 Å². The van der Waals surface area contributed by atoms with Crippen molar-refractivity contribution >= 4 is 11.6 Å². The zero-order chi connectivity index (χ0) is 11.4. The summed E-state index contributed by atoms with van der Waals surface area (Å²) in [6.45, 7) is 0.788. The van der Waals surface area contributed by atoms with Gasteiger partial charge in [-0.05, 0) is 36.1 Å². The molecule has 0 aliphatic carbocycles. The van der Waals surface area contributed by atoms with Gasteiger partial charge in [0.25, 0.3) is 0 Å². The third-order valence-electron chi connectivity index (χ3n) is 2.68. The van der Waals surface area contributed by atoms with Gasteiger partial charge in [0.2, 0.25) is 0 Å². The first kappa shape index (κ1) is 11.5. The molecule has 86 valence electrons. The molecule has 0 amide bonds. The zero-order valence-electron chi connectivity index (χ0n) is 8.95. The van der Waals surface area contributed by atoms with Gasteiger partial charge in [-0.3, -0.25) is 5.84 Å². The predicted octanol–water partition coefficient (Wildman–Crippen LogP) is 2.54. The molecule has 0 bridgehead atoms. The molecule has 0 spiro atoms. The van der Waals surface area contributed by atoms with E-state index in [2.05, 4.69) is 5.43 Å². The lowest BCUT2D eigenvalue weighted by Gasteiger charge is -2.23. The molecule has 1 aliphatic heterocycles. The number of ether oxygens (including phenoxy) is 1. The number of hydrazine groups is 1. The molecule has 4 heteroatoms. The largest absolute Gasteiger partial charge is 0.501 e. The van der Waals surface area contributed by atoms with E-state index in [9.17, 15) is 0 Å². The Morgan fingerprint density at radius 1 is 1.44 bits per heavy atom. The van der Waals surface area contributed by atoms with Crippen LogP contribution in [0.3, 0.4) is 0 Å². The van der Waals surface area contributed by atoms with Gasteiger partial charge >= 0.3 is 0 Å². The van der Waals surface area contributed by atoms with Gasteiger partial charge < -0.3 is 4.74 Å². The SMILES string of the molecule is NNC(C1=COCCC1)c1cccc(Cl)c1. The second-order valence-corrected chi connectivity index (χ2v) is 4.26. The van der Waals surface area contributed by atoms with Crippen molar-refractivity contribution in [1.82, 2.24) is 5.43 Å². The number of hydrogen-bond donors (Lipinski definition) is 2. The number of rotatable bonds is 3. The summed E-state index contributed by atoms with van der Waals surface area (Å²) in [6.07, 6.45) is 3.83. The molecule has 3 nitrogen and oxygen atoms in total. The van der Waals surface area contributed by atoms with Crippen LogP contribution in [0.1, 0.15) is 24.4 Å². The molecule has 1 aromatic rings. The number of nitrogens with one attached hydrogen (secondary N) is 1. The second-order valence-electron chi connectivity index (χ2n) is 3.82. The summed E-state index contributed by atoms with van der Waals surface area (Å²) >= 11 is 5.97. The lowest BCUT2D eigenvalue weighted by molar-refractivity contribution is 0.219. The van der Waals surface area contributed by atoms with Crippen molar-refractivity contribution in [3.63, 3.8) is 0 Å². The van der Waals surface area contributed by atoms with E-state index in [1.165, 1.54) is 0 Å². The van der Waals surface area contributed by atoms with Gasteiger partial charge in [-0.1, -0.05) is 23.7 Å². The maximum Gasteiger partial charge on any atom is 0.0876 e. The molecule has 1 unspecified atom stereocenters. The van der Waals surface area contributed by atoms with Crippen LogP contribution >= 0.6 is 11.6 Å². The highest BCUT2D eigenvalue weighted by Crippen LogP contribution is 2.28. The standard InChI is InChI=1S/C12H15ClN2O/c13-11-5-1-3-9(7-11)12(15-14)10-4-2-6-16-8-10/h1,3,5,7-8,12,15H,2,4,6,14H2. The Kier molecular flexibility index (Phi) is 3.83. The van der Waals surface area contributed by atoms with Gasteiger partial charge in [0, 0.05) is 5.02 Å². The van der Waals surface area contributed by atoms with E-state index in [1.54, 1.807) is 6.26 Å². The highest BCUT2D eigenvalue weighted by molar-refractivity contribution is 6.30. The van der Waals surface area contributed by atoms with E-state index in [4.69, 9.17) is 22.2 Å². The molecular formula is C12H15ClN2O. The van der Waals surface area contributed by atoms with Crippen LogP contribution in [-0.2, 0) is 4.74 Å². The highest BCUT2D eigenvalue weighted by atomic mass is 35.5. The lowest BCUT2D eigenvalue weighted by Crippen LogP contribution is -2.30. The fourth-order valence-electron chi connectivity index (χ4n) is 1.90. The van der Waals surface area contributed by atoms with Crippen LogP contribution in [0.25, 0.3) is 0 Å². The lowest BCUT2D eigenvalue weighted by atomic mass is 9.96. The van der Waals surface area contributed by atoms with Crippen LogP contribution in [-0.4, -0.2) is 6.61 Å². The van der Waals surface area contributed by atoms with Crippen molar-refractivity contribution in [2.75, 3.05) is 6.61 Å². The van der Waals surface area contributed by atoms with Crippen molar-refractivity contribution in [2.45, 2.75) is 18.9 Å². The maximum atomic E-state index is 5.97.